The minimum Gasteiger partial charge on any atom is -0.489 e. The molecule has 0 amide bonds. The Labute approximate surface area is 186 Å². The molecule has 1 atom stereocenters. The van der Waals surface area contributed by atoms with Crippen molar-refractivity contribution >= 4 is 0 Å². The van der Waals surface area contributed by atoms with Gasteiger partial charge < -0.3 is 18.8 Å². The standard InChI is InChI=1S/C26H24N2O4/c1-18-12-22(30-16-23-17-31-26-24(32-23)6-3-11-27-26)14-25(29)28(18)15-21-5-2-4-20(13-21)10-9-19-7-8-19/h2-6,11-14,19,23H,7-8,15-17H2,1H3/t23-/m0/s1. The van der Waals surface area contributed by atoms with Crippen LogP contribution in [-0.2, 0) is 6.54 Å². The first-order valence-corrected chi connectivity index (χ1v) is 10.8. The SMILES string of the molecule is Cc1cc(OC[C@H]2COc3ncccc3O2)cc(=O)n1Cc1cccc(C#CC2CC2)c1. The highest BCUT2D eigenvalue weighted by Crippen LogP contribution is 2.29. The zero-order valence-corrected chi connectivity index (χ0v) is 17.9. The van der Waals surface area contributed by atoms with Crippen molar-refractivity contribution in [2.24, 2.45) is 5.92 Å². The van der Waals surface area contributed by atoms with Crippen LogP contribution in [0.4, 0.5) is 0 Å². The molecule has 1 fully saturated rings. The second kappa shape index (κ2) is 8.80. The highest BCUT2D eigenvalue weighted by Gasteiger charge is 2.22. The molecule has 1 aliphatic heterocycles. The van der Waals surface area contributed by atoms with Crippen molar-refractivity contribution in [3.05, 3.63) is 81.9 Å². The van der Waals surface area contributed by atoms with Crippen LogP contribution in [0, 0.1) is 24.7 Å². The lowest BCUT2D eigenvalue weighted by molar-refractivity contribution is 0.0500. The molecular weight excluding hydrogens is 404 g/mol. The molecule has 6 heteroatoms. The lowest BCUT2D eigenvalue weighted by Gasteiger charge is -2.25. The number of hydrogen-bond donors (Lipinski definition) is 0. The van der Waals surface area contributed by atoms with E-state index in [1.165, 1.54) is 18.9 Å². The average molecular weight is 428 g/mol. The first-order valence-electron chi connectivity index (χ1n) is 10.8. The Balaban J connectivity index is 1.24. The Morgan fingerprint density at radius 3 is 2.94 bits per heavy atom. The number of aromatic nitrogens is 2. The third kappa shape index (κ3) is 4.78. The zero-order chi connectivity index (χ0) is 21.9. The maximum absolute atomic E-state index is 12.8. The van der Waals surface area contributed by atoms with Gasteiger partial charge in [0.2, 0.25) is 0 Å². The second-order valence-electron chi connectivity index (χ2n) is 8.17. The molecule has 1 aliphatic carbocycles. The maximum atomic E-state index is 12.8. The number of nitrogens with zero attached hydrogens (tertiary/aromatic N) is 2. The van der Waals surface area contributed by atoms with Crippen LogP contribution in [0.5, 0.6) is 17.4 Å². The van der Waals surface area contributed by atoms with Gasteiger partial charge in [0.15, 0.2) is 11.9 Å². The van der Waals surface area contributed by atoms with Crippen LogP contribution in [0.2, 0.25) is 0 Å². The molecular formula is C26H24N2O4. The van der Waals surface area contributed by atoms with E-state index in [-0.39, 0.29) is 18.3 Å². The number of pyridine rings is 2. The highest BCUT2D eigenvalue weighted by atomic mass is 16.6. The van der Waals surface area contributed by atoms with Gasteiger partial charge >= 0.3 is 0 Å². The van der Waals surface area contributed by atoms with E-state index in [9.17, 15) is 4.79 Å². The number of benzene rings is 1. The molecule has 0 saturated heterocycles. The number of hydrogen-bond acceptors (Lipinski definition) is 5. The van der Waals surface area contributed by atoms with Gasteiger partial charge in [-0.15, -0.1) is 0 Å². The number of ether oxygens (including phenoxy) is 3. The van der Waals surface area contributed by atoms with Gasteiger partial charge in [-0.25, -0.2) is 4.98 Å². The van der Waals surface area contributed by atoms with Crippen molar-refractivity contribution in [2.45, 2.75) is 32.4 Å². The maximum Gasteiger partial charge on any atom is 0.257 e. The van der Waals surface area contributed by atoms with E-state index in [1.807, 2.05) is 37.3 Å². The normalized spacial score (nSPS) is 16.7. The summed E-state index contributed by atoms with van der Waals surface area (Å²) in [5, 5.41) is 0. The molecule has 3 aromatic rings. The molecule has 2 aliphatic rings. The molecule has 1 aromatic carbocycles. The van der Waals surface area contributed by atoms with Crippen LogP contribution < -0.4 is 19.8 Å². The van der Waals surface area contributed by atoms with Crippen molar-refractivity contribution in [1.82, 2.24) is 9.55 Å². The van der Waals surface area contributed by atoms with Gasteiger partial charge in [0, 0.05) is 29.4 Å². The predicted octanol–water partition coefficient (Wildman–Crippen LogP) is 3.58. The van der Waals surface area contributed by atoms with Crippen LogP contribution in [0.1, 0.15) is 29.7 Å². The Morgan fingerprint density at radius 1 is 1.19 bits per heavy atom. The van der Waals surface area contributed by atoms with Crippen LogP contribution in [0.25, 0.3) is 0 Å². The summed E-state index contributed by atoms with van der Waals surface area (Å²) in [5.41, 5.74) is 2.76. The van der Waals surface area contributed by atoms with Crippen molar-refractivity contribution in [1.29, 1.82) is 0 Å². The first-order chi connectivity index (χ1) is 15.6. The monoisotopic (exact) mass is 428 g/mol. The third-order valence-corrected chi connectivity index (χ3v) is 5.45. The molecule has 32 heavy (non-hydrogen) atoms. The fourth-order valence-electron chi connectivity index (χ4n) is 3.56. The summed E-state index contributed by atoms with van der Waals surface area (Å²) in [6.07, 6.45) is 3.81. The summed E-state index contributed by atoms with van der Waals surface area (Å²) in [4.78, 5) is 16.9. The van der Waals surface area contributed by atoms with Crippen molar-refractivity contribution in [2.75, 3.05) is 13.2 Å². The van der Waals surface area contributed by atoms with Gasteiger partial charge in [-0.1, -0.05) is 24.0 Å². The summed E-state index contributed by atoms with van der Waals surface area (Å²) in [6, 6.07) is 15.1. The average Bonchev–Trinajstić information content (AvgIpc) is 3.63. The van der Waals surface area contributed by atoms with E-state index in [0.29, 0.717) is 36.4 Å². The topological polar surface area (TPSA) is 62.6 Å². The van der Waals surface area contributed by atoms with E-state index < -0.39 is 0 Å². The molecule has 0 N–H and O–H groups in total. The molecule has 3 heterocycles. The van der Waals surface area contributed by atoms with Crippen LogP contribution in [0.3, 0.4) is 0 Å². The van der Waals surface area contributed by atoms with Crippen molar-refractivity contribution in [3.8, 4) is 29.2 Å². The summed E-state index contributed by atoms with van der Waals surface area (Å²) >= 11 is 0. The van der Waals surface area contributed by atoms with Crippen molar-refractivity contribution in [3.63, 3.8) is 0 Å². The molecule has 162 valence electrons. The number of fused-ring (bicyclic) bond motifs is 1. The van der Waals surface area contributed by atoms with Crippen molar-refractivity contribution < 1.29 is 14.2 Å². The van der Waals surface area contributed by atoms with Gasteiger partial charge in [0.05, 0.1) is 6.54 Å². The minimum absolute atomic E-state index is 0.107. The quantitative estimate of drug-likeness (QED) is 0.582. The molecule has 5 rings (SSSR count). The van der Waals surface area contributed by atoms with E-state index in [4.69, 9.17) is 14.2 Å². The van der Waals surface area contributed by atoms with Gasteiger partial charge in [-0.3, -0.25) is 4.79 Å². The molecule has 0 radical (unpaired) electrons. The fraction of sp³-hybridized carbons (Fsp3) is 0.308. The molecule has 2 aromatic heterocycles. The Morgan fingerprint density at radius 2 is 2.09 bits per heavy atom. The third-order valence-electron chi connectivity index (χ3n) is 5.45. The van der Waals surface area contributed by atoms with Gasteiger partial charge in [0.25, 0.3) is 11.4 Å². The molecule has 0 spiro atoms. The smallest absolute Gasteiger partial charge is 0.257 e. The van der Waals surface area contributed by atoms with Crippen LogP contribution in [-0.4, -0.2) is 28.9 Å². The summed E-state index contributed by atoms with van der Waals surface area (Å²) in [5.74, 6) is 8.70. The van der Waals surface area contributed by atoms with E-state index in [1.54, 1.807) is 16.8 Å². The predicted molar refractivity (Wildman–Crippen MR) is 120 cm³/mol. The first kappa shape index (κ1) is 20.2. The van der Waals surface area contributed by atoms with Crippen LogP contribution >= 0.6 is 0 Å². The van der Waals surface area contributed by atoms with Crippen LogP contribution in [0.15, 0.2) is 59.5 Å². The van der Waals surface area contributed by atoms with E-state index in [2.05, 4.69) is 22.9 Å². The fourth-order valence-corrected chi connectivity index (χ4v) is 3.56. The molecule has 1 saturated carbocycles. The summed E-state index contributed by atoms with van der Waals surface area (Å²) in [7, 11) is 0. The van der Waals surface area contributed by atoms with E-state index >= 15 is 0 Å². The van der Waals surface area contributed by atoms with Gasteiger partial charge in [-0.05, 0) is 55.7 Å². The van der Waals surface area contributed by atoms with Gasteiger partial charge in [-0.2, -0.15) is 0 Å². The Kier molecular flexibility index (Phi) is 5.55. The molecule has 6 nitrogen and oxygen atoms in total. The lowest BCUT2D eigenvalue weighted by atomic mass is 10.1. The van der Waals surface area contributed by atoms with Gasteiger partial charge in [0.1, 0.15) is 19.0 Å². The second-order valence-corrected chi connectivity index (χ2v) is 8.17. The number of rotatable bonds is 5. The Hall–Kier alpha value is -3.72. The largest absolute Gasteiger partial charge is 0.489 e. The summed E-state index contributed by atoms with van der Waals surface area (Å²) in [6.45, 7) is 3.03. The lowest BCUT2D eigenvalue weighted by Crippen LogP contribution is -2.35. The van der Waals surface area contributed by atoms with E-state index in [0.717, 1.165) is 16.8 Å². The summed E-state index contributed by atoms with van der Waals surface area (Å²) < 4.78 is 19.1. The molecule has 0 unspecified atom stereocenters. The highest BCUT2D eigenvalue weighted by molar-refractivity contribution is 5.38. The number of aryl methyl sites for hydroxylation is 1. The molecule has 0 bridgehead atoms. The minimum atomic E-state index is -0.270. The zero-order valence-electron chi connectivity index (χ0n) is 17.9. The Bertz CT molecular complexity index is 1250.